The van der Waals surface area contributed by atoms with Crippen molar-refractivity contribution in [1.82, 2.24) is 15.2 Å². The number of nitrogens with zero attached hydrogens (tertiary/aromatic N) is 2. The maximum Gasteiger partial charge on any atom is 0.410 e. The molecular weight excluding hydrogens is 500 g/mol. The van der Waals surface area contributed by atoms with Gasteiger partial charge in [0.15, 0.2) is 5.70 Å². The zero-order valence-corrected chi connectivity index (χ0v) is 22.9. The number of para-hydroxylation sites is 1. The minimum atomic E-state index is -0.587. The summed E-state index contributed by atoms with van der Waals surface area (Å²) >= 11 is 0. The summed E-state index contributed by atoms with van der Waals surface area (Å²) in [6.07, 6.45) is 0.308. The van der Waals surface area contributed by atoms with E-state index in [9.17, 15) is 14.7 Å². The third kappa shape index (κ3) is 6.63. The van der Waals surface area contributed by atoms with Gasteiger partial charge < -0.3 is 29.5 Å². The summed E-state index contributed by atoms with van der Waals surface area (Å²) in [4.78, 5) is 27.2. The van der Waals surface area contributed by atoms with Crippen LogP contribution in [-0.4, -0.2) is 65.7 Å². The van der Waals surface area contributed by atoms with Crippen molar-refractivity contribution in [2.75, 3.05) is 26.8 Å². The molecule has 39 heavy (non-hydrogen) atoms. The molecule has 2 aromatic carbocycles. The first-order valence-electron chi connectivity index (χ1n) is 13.2. The predicted octanol–water partition coefficient (Wildman–Crippen LogP) is 3.68. The van der Waals surface area contributed by atoms with E-state index in [0.29, 0.717) is 31.0 Å². The number of aliphatic hydroxyl groups excluding tert-OH is 1. The molecule has 2 aromatic rings. The van der Waals surface area contributed by atoms with Crippen molar-refractivity contribution >= 4 is 17.8 Å². The lowest BCUT2D eigenvalue weighted by Gasteiger charge is -2.34. The van der Waals surface area contributed by atoms with Gasteiger partial charge in [-0.1, -0.05) is 18.2 Å². The molecule has 4 rings (SSSR count). The van der Waals surface area contributed by atoms with Crippen molar-refractivity contribution in [3.8, 4) is 11.5 Å². The number of aliphatic hydroxyl groups is 1. The summed E-state index contributed by atoms with van der Waals surface area (Å²) < 4.78 is 16.5. The normalized spacial score (nSPS) is 20.1. The molecule has 10 heteroatoms. The SMILES string of the molecule is COC(=O)C1=C(c2ccc(Oc3ccccc3)cc2)NC(C(CCO)C2CCN(C(=O)OC(C)(C)C)C2)N1N. The van der Waals surface area contributed by atoms with E-state index in [1.165, 1.54) is 12.1 Å². The van der Waals surface area contributed by atoms with Crippen molar-refractivity contribution in [3.63, 3.8) is 0 Å². The van der Waals surface area contributed by atoms with E-state index < -0.39 is 17.7 Å². The molecule has 0 spiro atoms. The average molecular weight is 539 g/mol. The molecule has 3 unspecified atom stereocenters. The molecule has 0 bridgehead atoms. The van der Waals surface area contributed by atoms with Gasteiger partial charge in [-0.2, -0.15) is 0 Å². The Hall–Kier alpha value is -3.76. The maximum absolute atomic E-state index is 12.9. The number of hydrazine groups is 1. The van der Waals surface area contributed by atoms with E-state index in [-0.39, 0.29) is 30.2 Å². The second-order valence-electron chi connectivity index (χ2n) is 10.8. The van der Waals surface area contributed by atoms with Gasteiger partial charge in [-0.05, 0) is 75.9 Å². The number of benzene rings is 2. The zero-order valence-electron chi connectivity index (χ0n) is 22.9. The van der Waals surface area contributed by atoms with Crippen molar-refractivity contribution in [1.29, 1.82) is 0 Å². The van der Waals surface area contributed by atoms with Crippen LogP contribution in [0.2, 0.25) is 0 Å². The number of esters is 1. The van der Waals surface area contributed by atoms with Crippen LogP contribution in [0.4, 0.5) is 4.79 Å². The fourth-order valence-electron chi connectivity index (χ4n) is 5.14. The van der Waals surface area contributed by atoms with Crippen LogP contribution >= 0.6 is 0 Å². The van der Waals surface area contributed by atoms with Crippen molar-refractivity contribution in [2.24, 2.45) is 17.7 Å². The number of hydrogen-bond donors (Lipinski definition) is 3. The molecule has 0 saturated carbocycles. The molecule has 210 valence electrons. The molecule has 0 aliphatic carbocycles. The monoisotopic (exact) mass is 538 g/mol. The van der Waals surface area contributed by atoms with Gasteiger partial charge in [0, 0.05) is 31.2 Å². The van der Waals surface area contributed by atoms with Gasteiger partial charge in [0.25, 0.3) is 0 Å². The number of carbonyl (C=O) groups excluding carboxylic acids is 2. The number of nitrogens with two attached hydrogens (primary N) is 1. The first kappa shape index (κ1) is 28.3. The molecule has 0 aromatic heterocycles. The van der Waals surface area contributed by atoms with Crippen LogP contribution in [0.1, 0.15) is 39.2 Å². The van der Waals surface area contributed by atoms with E-state index >= 15 is 0 Å². The molecule has 4 N–H and O–H groups in total. The van der Waals surface area contributed by atoms with Gasteiger partial charge in [-0.15, -0.1) is 0 Å². The van der Waals surface area contributed by atoms with Crippen molar-refractivity contribution in [2.45, 2.75) is 45.4 Å². The van der Waals surface area contributed by atoms with Crippen LogP contribution in [0.3, 0.4) is 0 Å². The van der Waals surface area contributed by atoms with Crippen LogP contribution in [0, 0.1) is 11.8 Å². The maximum atomic E-state index is 12.9. The Balaban J connectivity index is 1.54. The number of rotatable bonds is 8. The molecule has 1 saturated heterocycles. The summed E-state index contributed by atoms with van der Waals surface area (Å²) in [5, 5.41) is 14.7. The minimum Gasteiger partial charge on any atom is -0.464 e. The Morgan fingerprint density at radius 3 is 2.38 bits per heavy atom. The number of amides is 1. The molecule has 1 fully saturated rings. The molecule has 2 heterocycles. The number of likely N-dealkylation sites (tertiary alicyclic amines) is 1. The second kappa shape index (κ2) is 12.0. The molecular formula is C29H38N4O6. The molecule has 2 aliphatic heterocycles. The highest BCUT2D eigenvalue weighted by molar-refractivity contribution is 5.97. The third-order valence-electron chi connectivity index (χ3n) is 6.94. The van der Waals surface area contributed by atoms with Crippen LogP contribution in [-0.2, 0) is 14.3 Å². The minimum absolute atomic E-state index is 0.0353. The predicted molar refractivity (Wildman–Crippen MR) is 146 cm³/mol. The summed E-state index contributed by atoms with van der Waals surface area (Å²) in [5.74, 6) is 7.20. The Morgan fingerprint density at radius 2 is 1.77 bits per heavy atom. The van der Waals surface area contributed by atoms with E-state index in [1.54, 1.807) is 4.90 Å². The van der Waals surface area contributed by atoms with Crippen LogP contribution in [0.25, 0.3) is 5.70 Å². The average Bonchev–Trinajstić information content (AvgIpc) is 3.52. The topological polar surface area (TPSA) is 127 Å². The van der Waals surface area contributed by atoms with E-state index in [2.05, 4.69) is 5.32 Å². The first-order valence-corrected chi connectivity index (χ1v) is 13.2. The lowest BCUT2D eigenvalue weighted by Crippen LogP contribution is -2.51. The molecule has 10 nitrogen and oxygen atoms in total. The second-order valence-corrected chi connectivity index (χ2v) is 10.8. The standard InChI is InChI=1S/C29H38N4O6/c1-29(2,3)39-28(36)32-16-14-20(18-32)23(15-17-34)26-31-24(25(33(26)30)27(35)37-4)19-10-12-22(13-11-19)38-21-8-6-5-7-9-21/h5-13,20,23,26,31,34H,14-18,30H2,1-4H3. The highest BCUT2D eigenvalue weighted by Gasteiger charge is 2.44. The molecule has 0 radical (unpaired) electrons. The highest BCUT2D eigenvalue weighted by atomic mass is 16.6. The van der Waals surface area contributed by atoms with Gasteiger partial charge in [-0.25, -0.2) is 15.4 Å². The zero-order chi connectivity index (χ0) is 28.2. The van der Waals surface area contributed by atoms with Gasteiger partial charge >= 0.3 is 12.1 Å². The first-order chi connectivity index (χ1) is 18.6. The number of methoxy groups -OCH3 is 1. The number of carbonyl (C=O) groups is 2. The lowest BCUT2D eigenvalue weighted by atomic mass is 9.86. The summed E-state index contributed by atoms with van der Waals surface area (Å²) in [7, 11) is 1.31. The van der Waals surface area contributed by atoms with Gasteiger partial charge in [-0.3, -0.25) is 5.01 Å². The highest BCUT2D eigenvalue weighted by Crippen LogP contribution is 2.37. The fraction of sp³-hybridized carbons (Fsp3) is 0.448. The quantitative estimate of drug-likeness (QED) is 0.341. The summed E-state index contributed by atoms with van der Waals surface area (Å²) in [6.45, 7) is 6.47. The number of ether oxygens (including phenoxy) is 3. The summed E-state index contributed by atoms with van der Waals surface area (Å²) in [6, 6.07) is 16.8. The molecule has 1 amide bonds. The summed E-state index contributed by atoms with van der Waals surface area (Å²) in [5.41, 5.74) is 0.879. The van der Waals surface area contributed by atoms with Crippen molar-refractivity contribution in [3.05, 3.63) is 65.9 Å². The van der Waals surface area contributed by atoms with Crippen LogP contribution in [0.15, 0.2) is 60.3 Å². The molecule has 3 atom stereocenters. The van der Waals surface area contributed by atoms with E-state index in [1.807, 2.05) is 75.4 Å². The fourth-order valence-corrected chi connectivity index (χ4v) is 5.14. The third-order valence-corrected chi connectivity index (χ3v) is 6.94. The van der Waals surface area contributed by atoms with Gasteiger partial charge in [0.2, 0.25) is 0 Å². The number of hydrogen-bond acceptors (Lipinski definition) is 9. The van der Waals surface area contributed by atoms with E-state index in [0.717, 1.165) is 17.7 Å². The Morgan fingerprint density at radius 1 is 1.10 bits per heavy atom. The Bertz CT molecular complexity index is 1180. The Kier molecular flexibility index (Phi) is 8.66. The van der Waals surface area contributed by atoms with Crippen molar-refractivity contribution < 1.29 is 28.9 Å². The van der Waals surface area contributed by atoms with E-state index in [4.69, 9.17) is 20.1 Å². The van der Waals surface area contributed by atoms with Gasteiger partial charge in [0.05, 0.1) is 12.8 Å². The van der Waals surface area contributed by atoms with Gasteiger partial charge in [0.1, 0.15) is 23.3 Å². The lowest BCUT2D eigenvalue weighted by molar-refractivity contribution is -0.138. The smallest absolute Gasteiger partial charge is 0.410 e. The molecule has 2 aliphatic rings. The Labute approximate surface area is 229 Å². The number of nitrogens with one attached hydrogen (secondary N) is 1. The van der Waals surface area contributed by atoms with Crippen LogP contribution in [0.5, 0.6) is 11.5 Å². The van der Waals surface area contributed by atoms with Crippen LogP contribution < -0.4 is 15.9 Å². The largest absolute Gasteiger partial charge is 0.464 e.